The Morgan fingerprint density at radius 3 is 2.42 bits per heavy atom. The average Bonchev–Trinajstić information content (AvgIpc) is 2.82. The van der Waals surface area contributed by atoms with Crippen molar-refractivity contribution in [2.75, 3.05) is 0 Å². The number of halogens is 1. The summed E-state index contributed by atoms with van der Waals surface area (Å²) >= 11 is 5.81. The van der Waals surface area contributed by atoms with E-state index in [1.807, 2.05) is 0 Å². The van der Waals surface area contributed by atoms with Crippen molar-refractivity contribution in [2.24, 2.45) is 0 Å². The summed E-state index contributed by atoms with van der Waals surface area (Å²) in [4.78, 5) is 10.2. The molecule has 1 aliphatic heterocycles. The van der Waals surface area contributed by atoms with Crippen molar-refractivity contribution < 1.29 is 14.4 Å². The number of nitrogens with zero attached hydrogens (tertiary/aromatic N) is 1. The predicted molar refractivity (Wildman–Crippen MR) is 68.5 cm³/mol. The predicted octanol–water partition coefficient (Wildman–Crippen LogP) is 3.72. The van der Waals surface area contributed by atoms with Crippen LogP contribution in [0, 0.1) is 10.1 Å². The minimum absolute atomic E-state index is 0.0286. The summed E-state index contributed by atoms with van der Waals surface area (Å²) in [7, 11) is 0. The Bertz CT molecular complexity index is 642. The molecule has 1 heterocycles. The van der Waals surface area contributed by atoms with E-state index in [1.165, 1.54) is 18.2 Å². The van der Waals surface area contributed by atoms with Gasteiger partial charge in [0.2, 0.25) is 0 Å². The normalized spacial score (nSPS) is 16.4. The van der Waals surface area contributed by atoms with Crippen LogP contribution < -0.4 is 9.47 Å². The number of fused-ring (bicyclic) bond motifs is 1. The first-order chi connectivity index (χ1) is 9.13. The first kappa shape index (κ1) is 11.8. The summed E-state index contributed by atoms with van der Waals surface area (Å²) in [6, 6.07) is 11.3. The van der Waals surface area contributed by atoms with E-state index in [0.29, 0.717) is 16.5 Å². The maximum Gasteiger partial charge on any atom is 0.273 e. The van der Waals surface area contributed by atoms with Crippen LogP contribution in [-0.2, 0) is 0 Å². The Morgan fingerprint density at radius 2 is 1.74 bits per heavy atom. The molecule has 0 aliphatic carbocycles. The zero-order chi connectivity index (χ0) is 13.4. The maximum absolute atomic E-state index is 10.7. The van der Waals surface area contributed by atoms with Crippen molar-refractivity contribution in [1.82, 2.24) is 0 Å². The first-order valence-electron chi connectivity index (χ1n) is 5.51. The largest absolute Gasteiger partial charge is 0.447 e. The molecule has 0 amide bonds. The van der Waals surface area contributed by atoms with E-state index in [0.717, 1.165) is 5.56 Å². The standard InChI is InChI=1S/C13H8ClNO4/c14-9-3-1-8(2-4-9)13-18-11-6-5-10(15(16)17)7-12(11)19-13/h1-7,13H. The van der Waals surface area contributed by atoms with Gasteiger partial charge in [0.1, 0.15) is 0 Å². The molecule has 0 N–H and O–H groups in total. The monoisotopic (exact) mass is 277 g/mol. The summed E-state index contributed by atoms with van der Waals surface area (Å²) < 4.78 is 11.1. The number of benzene rings is 2. The van der Waals surface area contributed by atoms with Gasteiger partial charge in [-0.15, -0.1) is 0 Å². The smallest absolute Gasteiger partial charge is 0.273 e. The van der Waals surface area contributed by atoms with E-state index >= 15 is 0 Å². The average molecular weight is 278 g/mol. The van der Waals surface area contributed by atoms with Crippen LogP contribution in [0.15, 0.2) is 42.5 Å². The van der Waals surface area contributed by atoms with E-state index in [9.17, 15) is 10.1 Å². The van der Waals surface area contributed by atoms with Crippen molar-refractivity contribution in [1.29, 1.82) is 0 Å². The van der Waals surface area contributed by atoms with Gasteiger partial charge in [-0.1, -0.05) is 23.7 Å². The van der Waals surface area contributed by atoms with Gasteiger partial charge in [0.25, 0.3) is 12.0 Å². The first-order valence-corrected chi connectivity index (χ1v) is 5.88. The highest BCUT2D eigenvalue weighted by Gasteiger charge is 2.27. The summed E-state index contributed by atoms with van der Waals surface area (Å²) in [5.41, 5.74) is 0.766. The minimum Gasteiger partial charge on any atom is -0.447 e. The fraction of sp³-hybridized carbons (Fsp3) is 0.0769. The second kappa shape index (κ2) is 4.44. The van der Waals surface area contributed by atoms with Crippen LogP contribution in [-0.4, -0.2) is 4.92 Å². The molecular formula is C13H8ClNO4. The summed E-state index contributed by atoms with van der Waals surface area (Å²) in [5.74, 6) is 0.861. The van der Waals surface area contributed by atoms with Gasteiger partial charge in [-0.3, -0.25) is 10.1 Å². The van der Waals surface area contributed by atoms with Gasteiger partial charge in [0.15, 0.2) is 11.5 Å². The van der Waals surface area contributed by atoms with Crippen LogP contribution in [0.5, 0.6) is 11.5 Å². The van der Waals surface area contributed by atoms with E-state index in [2.05, 4.69) is 0 Å². The highest BCUT2D eigenvalue weighted by Crippen LogP contribution is 2.42. The zero-order valence-corrected chi connectivity index (χ0v) is 10.3. The molecule has 0 saturated carbocycles. The molecule has 0 aromatic heterocycles. The number of ether oxygens (including phenoxy) is 2. The van der Waals surface area contributed by atoms with Gasteiger partial charge in [0, 0.05) is 16.7 Å². The lowest BCUT2D eigenvalue weighted by atomic mass is 10.2. The molecule has 2 aromatic rings. The van der Waals surface area contributed by atoms with Crippen LogP contribution in [0.2, 0.25) is 5.02 Å². The molecule has 0 saturated heterocycles. The van der Waals surface area contributed by atoms with Gasteiger partial charge in [-0.2, -0.15) is 0 Å². The van der Waals surface area contributed by atoms with Crippen LogP contribution in [0.4, 0.5) is 5.69 Å². The molecule has 96 valence electrons. The van der Waals surface area contributed by atoms with Gasteiger partial charge in [-0.25, -0.2) is 0 Å². The molecule has 1 unspecified atom stereocenters. The van der Waals surface area contributed by atoms with Crippen LogP contribution in [0.1, 0.15) is 11.9 Å². The number of non-ortho nitro benzene ring substituents is 1. The maximum atomic E-state index is 10.7. The number of hydrogen-bond acceptors (Lipinski definition) is 4. The van der Waals surface area contributed by atoms with Crippen LogP contribution in [0.3, 0.4) is 0 Å². The highest BCUT2D eigenvalue weighted by molar-refractivity contribution is 6.30. The molecule has 0 bridgehead atoms. The van der Waals surface area contributed by atoms with E-state index in [-0.39, 0.29) is 5.69 Å². The third-order valence-electron chi connectivity index (χ3n) is 2.75. The van der Waals surface area contributed by atoms with Gasteiger partial charge < -0.3 is 9.47 Å². The molecule has 5 nitrogen and oxygen atoms in total. The molecular weight excluding hydrogens is 270 g/mol. The van der Waals surface area contributed by atoms with Crippen LogP contribution in [0.25, 0.3) is 0 Å². The second-order valence-corrected chi connectivity index (χ2v) is 4.44. The molecule has 0 radical (unpaired) electrons. The molecule has 1 atom stereocenters. The quantitative estimate of drug-likeness (QED) is 0.620. The van der Waals surface area contributed by atoms with Gasteiger partial charge in [-0.05, 0) is 18.2 Å². The van der Waals surface area contributed by atoms with E-state index < -0.39 is 11.2 Å². The lowest BCUT2D eigenvalue weighted by Crippen LogP contribution is -2.07. The fourth-order valence-corrected chi connectivity index (χ4v) is 1.94. The molecule has 2 aromatic carbocycles. The highest BCUT2D eigenvalue weighted by atomic mass is 35.5. The van der Waals surface area contributed by atoms with Gasteiger partial charge in [0.05, 0.1) is 11.0 Å². The zero-order valence-electron chi connectivity index (χ0n) is 9.58. The van der Waals surface area contributed by atoms with Crippen molar-refractivity contribution in [3.8, 4) is 11.5 Å². The molecule has 19 heavy (non-hydrogen) atoms. The third kappa shape index (κ3) is 2.20. The molecule has 1 aliphatic rings. The summed E-state index contributed by atoms with van der Waals surface area (Å²) in [5, 5.41) is 11.3. The van der Waals surface area contributed by atoms with Crippen molar-refractivity contribution in [3.05, 3.63) is 63.2 Å². The number of rotatable bonds is 2. The topological polar surface area (TPSA) is 61.6 Å². The molecule has 3 rings (SSSR count). The molecule has 0 fully saturated rings. The Morgan fingerprint density at radius 1 is 1.05 bits per heavy atom. The fourth-order valence-electron chi connectivity index (χ4n) is 1.81. The molecule has 6 heteroatoms. The Balaban J connectivity index is 1.87. The number of nitro benzene ring substituents is 1. The Kier molecular flexibility index (Phi) is 2.76. The SMILES string of the molecule is O=[N+]([O-])c1ccc2c(c1)OC(c1ccc(Cl)cc1)O2. The molecule has 0 spiro atoms. The van der Waals surface area contributed by atoms with Gasteiger partial charge >= 0.3 is 0 Å². The number of nitro groups is 1. The minimum atomic E-state index is -0.603. The summed E-state index contributed by atoms with van der Waals surface area (Å²) in [6.07, 6.45) is -0.603. The number of hydrogen-bond donors (Lipinski definition) is 0. The van der Waals surface area contributed by atoms with Crippen molar-refractivity contribution in [2.45, 2.75) is 6.29 Å². The van der Waals surface area contributed by atoms with Crippen LogP contribution >= 0.6 is 11.6 Å². The second-order valence-electron chi connectivity index (χ2n) is 4.01. The van der Waals surface area contributed by atoms with Crippen molar-refractivity contribution in [3.63, 3.8) is 0 Å². The van der Waals surface area contributed by atoms with E-state index in [4.69, 9.17) is 21.1 Å². The Labute approximate surface area is 113 Å². The Hall–Kier alpha value is -2.27. The third-order valence-corrected chi connectivity index (χ3v) is 3.00. The lowest BCUT2D eigenvalue weighted by Gasteiger charge is -2.09. The van der Waals surface area contributed by atoms with E-state index in [1.54, 1.807) is 24.3 Å². The summed E-state index contributed by atoms with van der Waals surface area (Å²) in [6.45, 7) is 0. The van der Waals surface area contributed by atoms with Crippen molar-refractivity contribution >= 4 is 17.3 Å². The lowest BCUT2D eigenvalue weighted by molar-refractivity contribution is -0.384.